The second-order valence-electron chi connectivity index (χ2n) is 3.93. The number of aromatic nitrogens is 3. The Kier molecular flexibility index (Phi) is 2.76. The largest absolute Gasteiger partial charge is 0.388 e. The van der Waals surface area contributed by atoms with Gasteiger partial charge in [0.15, 0.2) is 11.5 Å². The van der Waals surface area contributed by atoms with Crippen molar-refractivity contribution in [3.8, 4) is 11.4 Å². The number of halogens is 1. The highest BCUT2D eigenvalue weighted by Crippen LogP contribution is 2.21. The molecule has 18 heavy (non-hydrogen) atoms. The molecule has 5 heteroatoms. The van der Waals surface area contributed by atoms with Crippen molar-refractivity contribution in [3.05, 3.63) is 47.1 Å². The number of anilines is 1. The van der Waals surface area contributed by atoms with Gasteiger partial charge in [0.05, 0.1) is 0 Å². The van der Waals surface area contributed by atoms with Crippen LogP contribution in [-0.4, -0.2) is 21.6 Å². The Labute approximate surface area is 113 Å². The van der Waals surface area contributed by atoms with Gasteiger partial charge in [0.1, 0.15) is 0 Å². The molecule has 0 amide bonds. The number of nitrogens with one attached hydrogen (secondary N) is 1. The highest BCUT2D eigenvalue weighted by atomic mass is 79.9. The van der Waals surface area contributed by atoms with E-state index in [9.17, 15) is 0 Å². The Balaban J connectivity index is 2.15. The zero-order chi connectivity index (χ0) is 12.5. The summed E-state index contributed by atoms with van der Waals surface area (Å²) in [5.74, 6) is 0.842. The van der Waals surface area contributed by atoms with Crippen LogP contribution in [0.25, 0.3) is 17.0 Å². The molecule has 0 saturated carbocycles. The van der Waals surface area contributed by atoms with Crippen molar-refractivity contribution < 1.29 is 0 Å². The minimum atomic E-state index is 0.839. The van der Waals surface area contributed by atoms with Gasteiger partial charge in [-0.3, -0.25) is 4.40 Å². The van der Waals surface area contributed by atoms with Gasteiger partial charge in [0.25, 0.3) is 0 Å². The summed E-state index contributed by atoms with van der Waals surface area (Å²) in [7, 11) is 1.90. The summed E-state index contributed by atoms with van der Waals surface area (Å²) in [6.45, 7) is 0. The van der Waals surface area contributed by atoms with Crippen molar-refractivity contribution in [3.63, 3.8) is 0 Å². The summed E-state index contributed by atoms with van der Waals surface area (Å²) >= 11 is 3.46. The first-order valence-electron chi connectivity index (χ1n) is 5.56. The van der Waals surface area contributed by atoms with Crippen molar-refractivity contribution in [2.24, 2.45) is 0 Å². The summed E-state index contributed by atoms with van der Waals surface area (Å²) in [6, 6.07) is 12.0. The lowest BCUT2D eigenvalue weighted by Crippen LogP contribution is -1.91. The Bertz CT molecular complexity index is 688. The van der Waals surface area contributed by atoms with Gasteiger partial charge in [-0.1, -0.05) is 0 Å². The van der Waals surface area contributed by atoms with Crippen LogP contribution in [0.15, 0.2) is 47.1 Å². The molecule has 3 rings (SSSR count). The van der Waals surface area contributed by atoms with E-state index in [4.69, 9.17) is 0 Å². The quantitative estimate of drug-likeness (QED) is 0.790. The summed E-state index contributed by atoms with van der Waals surface area (Å²) in [5.41, 5.74) is 2.96. The Morgan fingerprint density at radius 1 is 1.06 bits per heavy atom. The maximum atomic E-state index is 4.23. The number of benzene rings is 1. The third-order valence-electron chi connectivity index (χ3n) is 2.80. The maximum Gasteiger partial charge on any atom is 0.168 e. The molecule has 2 aromatic heterocycles. The molecule has 1 aromatic carbocycles. The van der Waals surface area contributed by atoms with E-state index in [1.54, 1.807) is 0 Å². The van der Waals surface area contributed by atoms with Gasteiger partial charge in [0.2, 0.25) is 0 Å². The number of hydrogen-bond donors (Lipinski definition) is 1. The molecular weight excluding hydrogens is 292 g/mol. The number of hydrogen-bond acceptors (Lipinski definition) is 3. The Morgan fingerprint density at radius 3 is 2.56 bits per heavy atom. The van der Waals surface area contributed by atoms with E-state index in [0.29, 0.717) is 0 Å². The molecule has 0 unspecified atom stereocenters. The molecule has 90 valence electrons. The molecule has 3 aromatic rings. The fourth-order valence-corrected chi connectivity index (χ4v) is 2.18. The molecule has 2 heterocycles. The lowest BCUT2D eigenvalue weighted by Gasteiger charge is -2.03. The molecule has 0 aliphatic carbocycles. The Morgan fingerprint density at radius 2 is 1.83 bits per heavy atom. The van der Waals surface area contributed by atoms with E-state index in [-0.39, 0.29) is 0 Å². The van der Waals surface area contributed by atoms with Gasteiger partial charge in [0, 0.05) is 29.0 Å². The molecule has 4 nitrogen and oxygen atoms in total. The van der Waals surface area contributed by atoms with Crippen LogP contribution in [0.5, 0.6) is 0 Å². The molecule has 0 aliphatic heterocycles. The minimum Gasteiger partial charge on any atom is -0.388 e. The van der Waals surface area contributed by atoms with Gasteiger partial charge >= 0.3 is 0 Å². The molecule has 0 bridgehead atoms. The van der Waals surface area contributed by atoms with Crippen molar-refractivity contribution in [2.45, 2.75) is 0 Å². The summed E-state index contributed by atoms with van der Waals surface area (Å²) in [5, 5.41) is 11.5. The standard InChI is InChI=1S/C13H11BrN4/c1-15-11-5-2-9(3-6-11)13-17-16-12-7-4-10(14)8-18(12)13/h2-8,15H,1H3. The van der Waals surface area contributed by atoms with Crippen molar-refractivity contribution in [2.75, 3.05) is 12.4 Å². The first-order valence-corrected chi connectivity index (χ1v) is 6.36. The van der Waals surface area contributed by atoms with Gasteiger partial charge in [-0.25, -0.2) is 0 Å². The van der Waals surface area contributed by atoms with E-state index in [0.717, 1.165) is 27.2 Å². The fraction of sp³-hybridized carbons (Fsp3) is 0.0769. The molecular formula is C13H11BrN4. The van der Waals surface area contributed by atoms with Crippen molar-refractivity contribution >= 4 is 27.3 Å². The van der Waals surface area contributed by atoms with Crippen molar-refractivity contribution in [1.29, 1.82) is 0 Å². The van der Waals surface area contributed by atoms with Gasteiger partial charge in [-0.15, -0.1) is 10.2 Å². The normalized spacial score (nSPS) is 10.8. The van der Waals surface area contributed by atoms with E-state index in [1.165, 1.54) is 0 Å². The highest BCUT2D eigenvalue weighted by molar-refractivity contribution is 9.10. The van der Waals surface area contributed by atoms with Gasteiger partial charge in [-0.2, -0.15) is 0 Å². The third-order valence-corrected chi connectivity index (χ3v) is 3.27. The Hall–Kier alpha value is -1.88. The molecule has 0 atom stereocenters. The van der Waals surface area contributed by atoms with Crippen LogP contribution in [0, 0.1) is 0 Å². The van der Waals surface area contributed by atoms with Crippen LogP contribution in [-0.2, 0) is 0 Å². The topological polar surface area (TPSA) is 42.2 Å². The number of nitrogens with zero attached hydrogens (tertiary/aromatic N) is 3. The van der Waals surface area contributed by atoms with E-state index in [1.807, 2.05) is 54.0 Å². The molecule has 0 spiro atoms. The smallest absolute Gasteiger partial charge is 0.168 e. The monoisotopic (exact) mass is 302 g/mol. The average Bonchev–Trinajstić information content (AvgIpc) is 2.82. The minimum absolute atomic E-state index is 0.839. The molecule has 0 saturated heterocycles. The second-order valence-corrected chi connectivity index (χ2v) is 4.84. The maximum absolute atomic E-state index is 4.23. The average molecular weight is 303 g/mol. The van der Waals surface area contributed by atoms with Crippen LogP contribution in [0.4, 0.5) is 5.69 Å². The zero-order valence-electron chi connectivity index (χ0n) is 9.76. The van der Waals surface area contributed by atoms with E-state index < -0.39 is 0 Å². The highest BCUT2D eigenvalue weighted by Gasteiger charge is 2.07. The summed E-state index contributed by atoms with van der Waals surface area (Å²) < 4.78 is 2.97. The molecule has 0 fully saturated rings. The third kappa shape index (κ3) is 1.86. The lowest BCUT2D eigenvalue weighted by molar-refractivity contribution is 1.11. The first kappa shape index (κ1) is 11.2. The predicted molar refractivity (Wildman–Crippen MR) is 75.7 cm³/mol. The summed E-state index contributed by atoms with van der Waals surface area (Å²) in [6.07, 6.45) is 1.97. The molecule has 1 N–H and O–H groups in total. The van der Waals surface area contributed by atoms with Crippen LogP contribution >= 0.6 is 15.9 Å². The van der Waals surface area contributed by atoms with Crippen LogP contribution in [0.2, 0.25) is 0 Å². The number of fused-ring (bicyclic) bond motifs is 1. The molecule has 0 radical (unpaired) electrons. The SMILES string of the molecule is CNc1ccc(-c2nnc3ccc(Br)cn23)cc1. The fourth-order valence-electron chi connectivity index (χ4n) is 1.85. The zero-order valence-corrected chi connectivity index (χ0v) is 11.3. The number of rotatable bonds is 2. The van der Waals surface area contributed by atoms with Gasteiger partial charge in [-0.05, 0) is 52.3 Å². The number of pyridine rings is 1. The van der Waals surface area contributed by atoms with E-state index >= 15 is 0 Å². The van der Waals surface area contributed by atoms with Crippen molar-refractivity contribution in [1.82, 2.24) is 14.6 Å². The van der Waals surface area contributed by atoms with Crippen LogP contribution in [0.3, 0.4) is 0 Å². The van der Waals surface area contributed by atoms with Crippen LogP contribution < -0.4 is 5.32 Å². The van der Waals surface area contributed by atoms with Crippen LogP contribution in [0.1, 0.15) is 0 Å². The lowest BCUT2D eigenvalue weighted by atomic mass is 10.2. The molecule has 0 aliphatic rings. The first-order chi connectivity index (χ1) is 8.78. The van der Waals surface area contributed by atoms with Gasteiger partial charge < -0.3 is 5.32 Å². The predicted octanol–water partition coefficient (Wildman–Crippen LogP) is 3.20. The second kappa shape index (κ2) is 4.42. The summed E-state index contributed by atoms with van der Waals surface area (Å²) in [4.78, 5) is 0. The van der Waals surface area contributed by atoms with E-state index in [2.05, 4.69) is 31.4 Å².